The van der Waals surface area contributed by atoms with Crippen LogP contribution in [0.25, 0.3) is 0 Å². The highest BCUT2D eigenvalue weighted by Gasteiger charge is 2.27. The first-order valence-electron chi connectivity index (χ1n) is 7.35. The fourth-order valence-corrected chi connectivity index (χ4v) is 3.21. The lowest BCUT2D eigenvalue weighted by Crippen LogP contribution is -2.34. The van der Waals surface area contributed by atoms with Gasteiger partial charge >= 0.3 is 6.03 Å². The summed E-state index contributed by atoms with van der Waals surface area (Å²) in [6.07, 6.45) is -0.593. The molecule has 1 fully saturated rings. The first kappa shape index (κ1) is 17.0. The maximum Gasteiger partial charge on any atom is 0.323 e. The zero-order chi connectivity index (χ0) is 16.1. The van der Waals surface area contributed by atoms with Crippen LogP contribution in [0.2, 0.25) is 0 Å². The van der Waals surface area contributed by atoms with Crippen LogP contribution < -0.4 is 5.32 Å². The van der Waals surface area contributed by atoms with Gasteiger partial charge < -0.3 is 9.80 Å². The number of hydrogen-bond acceptors (Lipinski definition) is 5. The zero-order valence-corrected chi connectivity index (χ0v) is 13.6. The van der Waals surface area contributed by atoms with E-state index >= 15 is 0 Å². The summed E-state index contributed by atoms with van der Waals surface area (Å²) in [6, 6.07) is -0.294. The zero-order valence-electron chi connectivity index (χ0n) is 12.8. The predicted molar refractivity (Wildman–Crippen MR) is 81.4 cm³/mol. The number of hydrogen-bond donors (Lipinski definition) is 1. The number of nitrogens with zero attached hydrogens (tertiary/aromatic N) is 4. The lowest BCUT2D eigenvalue weighted by atomic mass is 10.1. The summed E-state index contributed by atoms with van der Waals surface area (Å²) in [7, 11) is 2.08. The van der Waals surface area contributed by atoms with Gasteiger partial charge in [0.1, 0.15) is 0 Å². The Morgan fingerprint density at radius 1 is 1.55 bits per heavy atom. The molecule has 1 aliphatic rings. The number of carbonyl (C=O) groups excluding carboxylic acids is 1. The molecule has 0 saturated carbocycles. The molecule has 1 aromatic rings. The molecule has 1 aromatic heterocycles. The van der Waals surface area contributed by atoms with Crippen LogP contribution >= 0.6 is 11.3 Å². The number of urea groups is 1. The minimum absolute atomic E-state index is 0.117. The number of halogens is 2. The third-order valence-corrected chi connectivity index (χ3v) is 4.44. The van der Waals surface area contributed by atoms with Gasteiger partial charge in [0.2, 0.25) is 5.13 Å². The molecule has 2 amide bonds. The van der Waals surface area contributed by atoms with Crippen molar-refractivity contribution in [2.75, 3.05) is 38.5 Å². The van der Waals surface area contributed by atoms with Crippen molar-refractivity contribution in [2.24, 2.45) is 5.92 Å². The summed E-state index contributed by atoms with van der Waals surface area (Å²) in [5.41, 5.74) is 0. The predicted octanol–water partition coefficient (Wildman–Crippen LogP) is 2.67. The van der Waals surface area contributed by atoms with Crippen molar-refractivity contribution in [3.8, 4) is 0 Å². The molecule has 1 aliphatic heterocycles. The average Bonchev–Trinajstić information content (AvgIpc) is 3.08. The van der Waals surface area contributed by atoms with Gasteiger partial charge in [-0.3, -0.25) is 5.32 Å². The Morgan fingerprint density at radius 2 is 2.32 bits per heavy atom. The molecule has 124 valence electrons. The van der Waals surface area contributed by atoms with Crippen molar-refractivity contribution >= 4 is 22.5 Å². The Kier molecular flexibility index (Phi) is 6.01. The highest BCUT2D eigenvalue weighted by Crippen LogP contribution is 2.26. The molecular weight excluding hydrogens is 312 g/mol. The van der Waals surface area contributed by atoms with E-state index in [1.165, 1.54) is 0 Å². The number of nitrogens with one attached hydrogen (secondary N) is 1. The summed E-state index contributed by atoms with van der Waals surface area (Å²) in [4.78, 5) is 16.1. The number of aromatic nitrogens is 2. The fraction of sp³-hybridized carbons (Fsp3) is 0.769. The Hall–Kier alpha value is -1.35. The Bertz CT molecular complexity index is 499. The molecule has 0 aromatic carbocycles. The van der Waals surface area contributed by atoms with Crippen LogP contribution in [0.5, 0.6) is 0 Å². The second kappa shape index (κ2) is 7.77. The maximum absolute atomic E-state index is 12.4. The van der Waals surface area contributed by atoms with Crippen molar-refractivity contribution in [1.82, 2.24) is 20.0 Å². The first-order chi connectivity index (χ1) is 10.5. The van der Waals surface area contributed by atoms with E-state index in [1.807, 2.05) is 0 Å². The van der Waals surface area contributed by atoms with Gasteiger partial charge in [-0.1, -0.05) is 18.3 Å². The lowest BCUT2D eigenvalue weighted by molar-refractivity contribution is 0.150. The van der Waals surface area contributed by atoms with Crippen LogP contribution in [0.1, 0.15) is 31.2 Å². The number of anilines is 1. The third-order valence-electron chi connectivity index (χ3n) is 3.59. The molecule has 0 spiro atoms. The number of amides is 2. The Balaban J connectivity index is 1.81. The van der Waals surface area contributed by atoms with Crippen LogP contribution in [-0.4, -0.2) is 59.3 Å². The van der Waals surface area contributed by atoms with E-state index in [0.717, 1.165) is 25.9 Å². The van der Waals surface area contributed by atoms with Crippen molar-refractivity contribution < 1.29 is 13.6 Å². The number of likely N-dealkylation sites (tertiary alicyclic amines) is 1. The second-order valence-electron chi connectivity index (χ2n) is 5.54. The molecule has 2 heterocycles. The molecule has 6 nitrogen and oxygen atoms in total. The number of alkyl halides is 2. The molecule has 1 N–H and O–H groups in total. The van der Waals surface area contributed by atoms with Crippen LogP contribution in [0.3, 0.4) is 0 Å². The largest absolute Gasteiger partial charge is 0.324 e. The van der Waals surface area contributed by atoms with Crippen molar-refractivity contribution in [2.45, 2.75) is 26.2 Å². The van der Waals surface area contributed by atoms with Gasteiger partial charge in [-0.15, -0.1) is 10.2 Å². The molecule has 0 unspecified atom stereocenters. The summed E-state index contributed by atoms with van der Waals surface area (Å²) < 4.78 is 24.9. The molecule has 1 saturated heterocycles. The SMILES string of the molecule is CCCN(C)C[C@@H]1CCN(C(=O)Nc2nnc(C(F)F)s2)C1. The summed E-state index contributed by atoms with van der Waals surface area (Å²) >= 11 is 0.707. The number of carbonyl (C=O) groups is 1. The first-order valence-corrected chi connectivity index (χ1v) is 8.17. The summed E-state index contributed by atoms with van der Waals surface area (Å²) in [5.74, 6) is 0.452. The molecule has 0 bridgehead atoms. The molecular formula is C13H21F2N5OS. The lowest BCUT2D eigenvalue weighted by Gasteiger charge is -2.20. The maximum atomic E-state index is 12.4. The Morgan fingerprint density at radius 3 is 2.95 bits per heavy atom. The van der Waals surface area contributed by atoms with Crippen LogP contribution in [0, 0.1) is 5.92 Å². The van der Waals surface area contributed by atoms with E-state index in [-0.39, 0.29) is 16.2 Å². The minimum Gasteiger partial charge on any atom is -0.324 e. The van der Waals surface area contributed by atoms with Gasteiger partial charge in [-0.05, 0) is 32.4 Å². The topological polar surface area (TPSA) is 61.4 Å². The second-order valence-corrected chi connectivity index (χ2v) is 6.55. The molecule has 0 aliphatic carbocycles. The van der Waals surface area contributed by atoms with E-state index in [0.29, 0.717) is 30.3 Å². The Labute approximate surface area is 132 Å². The third kappa shape index (κ3) is 4.57. The van der Waals surface area contributed by atoms with E-state index in [9.17, 15) is 13.6 Å². The molecule has 2 rings (SSSR count). The molecule has 9 heteroatoms. The highest BCUT2D eigenvalue weighted by atomic mass is 32.1. The summed E-state index contributed by atoms with van der Waals surface area (Å²) in [6.45, 7) is 5.51. The average molecular weight is 333 g/mol. The van der Waals surface area contributed by atoms with Crippen molar-refractivity contribution in [3.05, 3.63) is 5.01 Å². The van der Waals surface area contributed by atoms with Gasteiger partial charge in [-0.2, -0.15) is 0 Å². The van der Waals surface area contributed by atoms with Crippen molar-refractivity contribution in [1.29, 1.82) is 0 Å². The molecule has 0 radical (unpaired) electrons. The van der Waals surface area contributed by atoms with Gasteiger partial charge in [0, 0.05) is 19.6 Å². The minimum atomic E-state index is -2.66. The van der Waals surface area contributed by atoms with Crippen LogP contribution in [0.15, 0.2) is 0 Å². The van der Waals surface area contributed by atoms with Gasteiger partial charge in [-0.25, -0.2) is 13.6 Å². The standard InChI is InChI=1S/C13H21F2N5OS/c1-3-5-19(2)7-9-4-6-20(8-9)13(21)16-12-18-17-11(22-12)10(14)15/h9-10H,3-8H2,1-2H3,(H,16,18,21)/t9-/m0/s1. The van der Waals surface area contributed by atoms with Gasteiger partial charge in [0.15, 0.2) is 5.01 Å². The molecule has 1 atom stereocenters. The van der Waals surface area contributed by atoms with Crippen LogP contribution in [-0.2, 0) is 0 Å². The quantitative estimate of drug-likeness (QED) is 0.869. The summed E-state index contributed by atoms with van der Waals surface area (Å²) in [5, 5.41) is 9.19. The van der Waals surface area contributed by atoms with Gasteiger partial charge in [0.25, 0.3) is 6.43 Å². The van der Waals surface area contributed by atoms with Crippen LogP contribution in [0.4, 0.5) is 18.7 Å². The van der Waals surface area contributed by atoms with E-state index in [2.05, 4.69) is 34.4 Å². The monoisotopic (exact) mass is 333 g/mol. The number of rotatable bonds is 6. The highest BCUT2D eigenvalue weighted by molar-refractivity contribution is 7.15. The normalized spacial score (nSPS) is 18.5. The van der Waals surface area contributed by atoms with E-state index in [4.69, 9.17) is 0 Å². The van der Waals surface area contributed by atoms with E-state index < -0.39 is 6.43 Å². The van der Waals surface area contributed by atoms with Gasteiger partial charge in [0.05, 0.1) is 0 Å². The molecule has 22 heavy (non-hydrogen) atoms. The van der Waals surface area contributed by atoms with Crippen molar-refractivity contribution in [3.63, 3.8) is 0 Å². The fourth-order valence-electron chi connectivity index (χ4n) is 2.62. The smallest absolute Gasteiger partial charge is 0.323 e. The van der Waals surface area contributed by atoms with E-state index in [1.54, 1.807) is 4.90 Å².